The Kier molecular flexibility index (Phi) is 22.8. The fourth-order valence-corrected chi connectivity index (χ4v) is 6.06. The van der Waals surface area contributed by atoms with Gasteiger partial charge in [-0.3, -0.25) is 43.2 Å². The van der Waals surface area contributed by atoms with E-state index in [1.807, 2.05) is 0 Å². The molecule has 1 aromatic rings. The van der Waals surface area contributed by atoms with Gasteiger partial charge in [0.2, 0.25) is 41.4 Å². The summed E-state index contributed by atoms with van der Waals surface area (Å²) in [5.74, 6) is -12.1. The highest BCUT2D eigenvalue weighted by Crippen LogP contribution is 2.17. The van der Waals surface area contributed by atoms with Crippen LogP contribution in [-0.4, -0.2) is 128 Å². The van der Waals surface area contributed by atoms with E-state index in [9.17, 15) is 63.3 Å². The number of hydrogen-bond acceptors (Lipinski definition) is 12. The maximum absolute atomic E-state index is 13.6. The van der Waals surface area contributed by atoms with Crippen LogP contribution in [0.4, 0.5) is 0 Å². The molecule has 7 amide bonds. The molecule has 14 N–H and O–H groups in total. The summed E-state index contributed by atoms with van der Waals surface area (Å²) in [6, 6.07) is -1.25. The minimum Gasteiger partial charge on any atom is -0.481 e. The number of aliphatic hydroxyl groups excluding tert-OH is 1. The maximum atomic E-state index is 13.6. The fraction of sp³-hybridized carbons (Fsp3) is 0.600. The molecule has 4 unspecified atom stereocenters. The van der Waals surface area contributed by atoms with Crippen molar-refractivity contribution in [2.45, 2.75) is 135 Å². The summed E-state index contributed by atoms with van der Waals surface area (Å²) in [5, 5.41) is 53.7. The molecule has 0 aliphatic heterocycles. The van der Waals surface area contributed by atoms with Crippen LogP contribution in [0.1, 0.15) is 85.6 Å². The van der Waals surface area contributed by atoms with Crippen LogP contribution in [0, 0.1) is 17.8 Å². The number of carbonyl (C=O) groups is 10. The number of hydrogen-bond donors (Lipinski definition) is 12. The van der Waals surface area contributed by atoms with Crippen molar-refractivity contribution in [1.82, 2.24) is 31.9 Å². The summed E-state index contributed by atoms with van der Waals surface area (Å²) in [6.45, 7) is 9.39. The topological polar surface area (TPSA) is 376 Å². The van der Waals surface area contributed by atoms with E-state index in [4.69, 9.17) is 16.6 Å². The smallest absolute Gasteiger partial charge is 0.326 e. The van der Waals surface area contributed by atoms with Gasteiger partial charge in [-0.1, -0.05) is 65.0 Å². The van der Waals surface area contributed by atoms with E-state index in [1.54, 1.807) is 58.0 Å². The lowest BCUT2D eigenvalue weighted by molar-refractivity contribution is -0.143. The van der Waals surface area contributed by atoms with Crippen LogP contribution in [0.15, 0.2) is 30.3 Å². The lowest BCUT2D eigenvalue weighted by Crippen LogP contribution is -2.59. The quantitative estimate of drug-likeness (QED) is 0.0428. The number of aliphatic carboxylic acids is 3. The van der Waals surface area contributed by atoms with E-state index in [0.717, 1.165) is 0 Å². The third kappa shape index (κ3) is 19.9. The Hall–Kier alpha value is -6.16. The molecule has 0 bridgehead atoms. The molecule has 62 heavy (non-hydrogen) atoms. The van der Waals surface area contributed by atoms with Crippen LogP contribution in [0.5, 0.6) is 0 Å². The lowest BCUT2D eigenvalue weighted by Gasteiger charge is -2.30. The molecule has 0 radical (unpaired) electrons. The van der Waals surface area contributed by atoms with Crippen LogP contribution in [0.25, 0.3) is 0 Å². The van der Waals surface area contributed by atoms with Crippen molar-refractivity contribution in [3.63, 3.8) is 0 Å². The standard InChI is InChI=1S/C40H62N8O14/c1-19(2)14-26(45-38(59)27(18-30(42)50)46-39(60)33(20(3)4)48-36(57)24(41)17-32(53)54)29(49)15-21(5)34(55)43-22(6)35(56)44-25(12-13-31(51)52)37(58)47-28(40(61)62)16-23-10-8-7-9-11-23/h7-11,19-22,24-29,33,49H,12-18,41H2,1-6H3,(H2,42,50)(H,43,55)(H,44,56)(H,45,59)(H,46,60)(H,47,58)(H,48,57)(H,51,52)(H,53,54)(H,61,62)/t21-,22+,24?,25+,26+,27?,28?,29+,33?/m1/s1. The second-order valence-corrected chi connectivity index (χ2v) is 15.9. The van der Waals surface area contributed by atoms with Crippen molar-refractivity contribution in [3.8, 4) is 0 Å². The summed E-state index contributed by atoms with van der Waals surface area (Å²) in [6.07, 6.45) is -4.00. The molecule has 9 atom stereocenters. The third-order valence-electron chi connectivity index (χ3n) is 9.51. The number of aliphatic hydroxyl groups is 1. The maximum Gasteiger partial charge on any atom is 0.326 e. The number of carboxylic acid groups (broad SMARTS) is 3. The van der Waals surface area contributed by atoms with Gasteiger partial charge in [0.15, 0.2) is 0 Å². The molecule has 0 spiro atoms. The monoisotopic (exact) mass is 878 g/mol. The van der Waals surface area contributed by atoms with Crippen LogP contribution in [0.2, 0.25) is 0 Å². The Labute approximate surface area is 359 Å². The van der Waals surface area contributed by atoms with Gasteiger partial charge in [-0.05, 0) is 43.6 Å². The van der Waals surface area contributed by atoms with Gasteiger partial charge >= 0.3 is 17.9 Å². The van der Waals surface area contributed by atoms with Gasteiger partial charge in [-0.15, -0.1) is 0 Å². The van der Waals surface area contributed by atoms with Gasteiger partial charge in [0.05, 0.1) is 31.0 Å². The molecule has 22 nitrogen and oxygen atoms in total. The van der Waals surface area contributed by atoms with Crippen molar-refractivity contribution < 1.29 is 68.4 Å². The van der Waals surface area contributed by atoms with E-state index in [0.29, 0.717) is 5.56 Å². The Balaban J connectivity index is 3.07. The molecule has 0 aliphatic rings. The fourth-order valence-electron chi connectivity index (χ4n) is 6.06. The molecular weight excluding hydrogens is 816 g/mol. The van der Waals surface area contributed by atoms with Gasteiger partial charge in [-0.25, -0.2) is 4.79 Å². The number of benzene rings is 1. The average molecular weight is 879 g/mol. The molecule has 1 aromatic carbocycles. The molecule has 0 aromatic heterocycles. The van der Waals surface area contributed by atoms with Gasteiger partial charge in [0.1, 0.15) is 30.2 Å². The SMILES string of the molecule is CC(C)C[C@H](NC(=O)C(CC(N)=O)NC(=O)C(NC(=O)C(N)CC(=O)O)C(C)C)[C@@H](O)C[C@@H](C)C(=O)N[C@@H](C)C(=O)N[C@@H](CCC(=O)O)C(=O)NC(Cc1ccccc1)C(=O)O. The van der Waals surface area contributed by atoms with E-state index in [2.05, 4.69) is 31.9 Å². The van der Waals surface area contributed by atoms with Crippen LogP contribution in [0.3, 0.4) is 0 Å². The third-order valence-corrected chi connectivity index (χ3v) is 9.51. The number of nitrogens with two attached hydrogens (primary N) is 2. The van der Waals surface area contributed by atoms with E-state index in [-0.39, 0.29) is 25.2 Å². The molecule has 0 aliphatic carbocycles. The van der Waals surface area contributed by atoms with Crippen molar-refractivity contribution in [3.05, 3.63) is 35.9 Å². The largest absolute Gasteiger partial charge is 0.481 e. The van der Waals surface area contributed by atoms with E-state index in [1.165, 1.54) is 13.8 Å². The molecule has 0 saturated heterocycles. The Bertz CT molecular complexity index is 1740. The van der Waals surface area contributed by atoms with E-state index >= 15 is 0 Å². The van der Waals surface area contributed by atoms with Gasteiger partial charge < -0.3 is 63.8 Å². The minimum absolute atomic E-state index is 0.0989. The first-order chi connectivity index (χ1) is 28.8. The molecule has 0 fully saturated rings. The van der Waals surface area contributed by atoms with Crippen molar-refractivity contribution in [2.75, 3.05) is 0 Å². The second-order valence-electron chi connectivity index (χ2n) is 15.9. The lowest BCUT2D eigenvalue weighted by atomic mass is 9.92. The van der Waals surface area contributed by atoms with Crippen LogP contribution >= 0.6 is 0 Å². The predicted molar refractivity (Wildman–Crippen MR) is 220 cm³/mol. The number of nitrogens with one attached hydrogen (secondary N) is 6. The molecular formula is C40H62N8O14. The number of rotatable bonds is 28. The Morgan fingerprint density at radius 3 is 1.69 bits per heavy atom. The molecule has 0 heterocycles. The van der Waals surface area contributed by atoms with Gasteiger partial charge in [0, 0.05) is 18.8 Å². The van der Waals surface area contributed by atoms with Crippen molar-refractivity contribution >= 4 is 59.3 Å². The average Bonchev–Trinajstić information content (AvgIpc) is 3.16. The van der Waals surface area contributed by atoms with Gasteiger partial charge in [-0.2, -0.15) is 0 Å². The van der Waals surface area contributed by atoms with E-state index < -0.39 is 145 Å². The zero-order chi connectivity index (χ0) is 47.4. The molecule has 22 heteroatoms. The van der Waals surface area contributed by atoms with Crippen molar-refractivity contribution in [2.24, 2.45) is 29.2 Å². The van der Waals surface area contributed by atoms with Crippen molar-refractivity contribution in [1.29, 1.82) is 0 Å². The Morgan fingerprint density at radius 1 is 0.613 bits per heavy atom. The highest BCUT2D eigenvalue weighted by atomic mass is 16.4. The normalized spacial score (nSPS) is 15.5. The summed E-state index contributed by atoms with van der Waals surface area (Å²) in [4.78, 5) is 125. The summed E-state index contributed by atoms with van der Waals surface area (Å²) in [7, 11) is 0. The highest BCUT2D eigenvalue weighted by molar-refractivity contribution is 5.96. The highest BCUT2D eigenvalue weighted by Gasteiger charge is 2.35. The molecule has 1 rings (SSSR count). The predicted octanol–water partition coefficient (Wildman–Crippen LogP) is -2.13. The first-order valence-corrected chi connectivity index (χ1v) is 20.1. The summed E-state index contributed by atoms with van der Waals surface area (Å²) < 4.78 is 0. The summed E-state index contributed by atoms with van der Waals surface area (Å²) >= 11 is 0. The first kappa shape index (κ1) is 53.9. The first-order valence-electron chi connectivity index (χ1n) is 20.1. The van der Waals surface area contributed by atoms with Gasteiger partial charge in [0.25, 0.3) is 0 Å². The zero-order valence-corrected chi connectivity index (χ0v) is 35.7. The number of amides is 7. The van der Waals surface area contributed by atoms with Crippen LogP contribution in [-0.2, 0) is 54.4 Å². The summed E-state index contributed by atoms with van der Waals surface area (Å²) in [5.41, 5.74) is 11.6. The molecule has 0 saturated carbocycles. The number of carboxylic acids is 3. The number of carbonyl (C=O) groups excluding carboxylic acids is 7. The second kappa shape index (κ2) is 26.2. The molecule has 346 valence electrons. The number of primary amides is 1. The zero-order valence-electron chi connectivity index (χ0n) is 35.7. The Morgan fingerprint density at radius 2 is 1.18 bits per heavy atom. The minimum atomic E-state index is -1.59. The van der Waals surface area contributed by atoms with Crippen LogP contribution < -0.4 is 43.4 Å².